The fraction of sp³-hybridized carbons (Fsp3) is 0.269. The van der Waals surface area contributed by atoms with E-state index in [1.54, 1.807) is 0 Å². The van der Waals surface area contributed by atoms with Gasteiger partial charge in [0, 0.05) is 26.2 Å². The van der Waals surface area contributed by atoms with Crippen LogP contribution in [0.3, 0.4) is 0 Å². The lowest BCUT2D eigenvalue weighted by Gasteiger charge is -2.35. The van der Waals surface area contributed by atoms with E-state index in [-0.39, 0.29) is 12.5 Å². The van der Waals surface area contributed by atoms with E-state index in [4.69, 9.17) is 9.47 Å². The van der Waals surface area contributed by atoms with E-state index >= 15 is 0 Å². The summed E-state index contributed by atoms with van der Waals surface area (Å²) in [4.78, 5) is 17.1. The number of hydrogen-bond acceptors (Lipinski definition) is 5. The number of benzene rings is 3. The Labute approximate surface area is 189 Å². The molecule has 1 aliphatic heterocycles. The Morgan fingerprint density at radius 1 is 0.812 bits per heavy atom. The van der Waals surface area contributed by atoms with Crippen LogP contribution in [-0.4, -0.2) is 50.6 Å². The van der Waals surface area contributed by atoms with E-state index < -0.39 is 0 Å². The van der Waals surface area contributed by atoms with Crippen LogP contribution in [0.1, 0.15) is 5.56 Å². The molecule has 0 unspecified atom stereocenters. The second kappa shape index (κ2) is 10.7. The molecule has 6 nitrogen and oxygen atoms in total. The van der Waals surface area contributed by atoms with Crippen LogP contribution in [0.2, 0.25) is 0 Å². The van der Waals surface area contributed by atoms with Crippen LogP contribution < -0.4 is 19.7 Å². The average molecular weight is 432 g/mol. The topological polar surface area (TPSA) is 54.0 Å². The molecule has 0 saturated carbocycles. The zero-order chi connectivity index (χ0) is 22.2. The van der Waals surface area contributed by atoms with Crippen molar-refractivity contribution in [2.45, 2.75) is 6.61 Å². The summed E-state index contributed by atoms with van der Waals surface area (Å²) in [6, 6.07) is 25.3. The monoisotopic (exact) mass is 431 g/mol. The number of likely N-dealkylation sites (N-methyl/N-ethyl adjacent to an activating group) is 1. The first-order valence-corrected chi connectivity index (χ1v) is 10.9. The van der Waals surface area contributed by atoms with Crippen molar-refractivity contribution >= 4 is 17.3 Å². The molecule has 1 saturated heterocycles. The summed E-state index contributed by atoms with van der Waals surface area (Å²) in [7, 11) is 2.13. The quantitative estimate of drug-likeness (QED) is 0.584. The summed E-state index contributed by atoms with van der Waals surface area (Å²) in [6.07, 6.45) is 0. The van der Waals surface area contributed by atoms with Gasteiger partial charge < -0.3 is 24.6 Å². The lowest BCUT2D eigenvalue weighted by Crippen LogP contribution is -2.44. The van der Waals surface area contributed by atoms with Crippen LogP contribution in [0.15, 0.2) is 78.9 Å². The highest BCUT2D eigenvalue weighted by Gasteiger charge is 2.17. The molecule has 32 heavy (non-hydrogen) atoms. The molecule has 1 fully saturated rings. The van der Waals surface area contributed by atoms with Gasteiger partial charge in [-0.15, -0.1) is 0 Å². The van der Waals surface area contributed by atoms with E-state index in [1.165, 1.54) is 0 Å². The summed E-state index contributed by atoms with van der Waals surface area (Å²) in [5, 5.41) is 3.00. The van der Waals surface area contributed by atoms with Crippen molar-refractivity contribution < 1.29 is 14.3 Å². The standard InChI is InChI=1S/C26H29N3O3/c1-28-15-17-29(18-16-28)25-10-6-5-9-24(25)27-26(30)20-32-23-13-11-22(12-14-23)31-19-21-7-3-2-4-8-21/h2-14H,15-20H2,1H3,(H,27,30). The molecule has 0 atom stereocenters. The lowest BCUT2D eigenvalue weighted by molar-refractivity contribution is -0.118. The highest BCUT2D eigenvalue weighted by Crippen LogP contribution is 2.26. The number of carbonyl (C=O) groups excluding carboxylic acids is 1. The Kier molecular flexibility index (Phi) is 7.25. The zero-order valence-electron chi connectivity index (χ0n) is 18.4. The molecule has 0 spiro atoms. The number of piperazine rings is 1. The third-order valence-corrected chi connectivity index (χ3v) is 5.46. The van der Waals surface area contributed by atoms with Gasteiger partial charge in [0.1, 0.15) is 18.1 Å². The van der Waals surface area contributed by atoms with Crippen molar-refractivity contribution in [2.24, 2.45) is 0 Å². The maximum atomic E-state index is 12.5. The summed E-state index contributed by atoms with van der Waals surface area (Å²) in [6.45, 7) is 4.36. The number of nitrogens with zero attached hydrogens (tertiary/aromatic N) is 2. The molecule has 6 heteroatoms. The number of amides is 1. The number of carbonyl (C=O) groups is 1. The Morgan fingerprint density at radius 3 is 2.16 bits per heavy atom. The maximum absolute atomic E-state index is 12.5. The normalized spacial score (nSPS) is 14.1. The van der Waals surface area contributed by atoms with Gasteiger partial charge in [-0.2, -0.15) is 0 Å². The Hall–Kier alpha value is -3.51. The van der Waals surface area contributed by atoms with Crippen LogP contribution >= 0.6 is 0 Å². The van der Waals surface area contributed by atoms with E-state index in [0.29, 0.717) is 12.4 Å². The van der Waals surface area contributed by atoms with E-state index in [0.717, 1.165) is 48.9 Å². The summed E-state index contributed by atoms with van der Waals surface area (Å²) >= 11 is 0. The SMILES string of the molecule is CN1CCN(c2ccccc2NC(=O)COc2ccc(OCc3ccccc3)cc2)CC1. The molecule has 1 N–H and O–H groups in total. The fourth-order valence-corrected chi connectivity index (χ4v) is 3.61. The number of anilines is 2. The number of para-hydroxylation sites is 2. The first-order chi connectivity index (χ1) is 15.7. The van der Waals surface area contributed by atoms with Gasteiger partial charge in [-0.05, 0) is 49.0 Å². The van der Waals surface area contributed by atoms with Gasteiger partial charge in [-0.3, -0.25) is 4.79 Å². The minimum atomic E-state index is -0.184. The zero-order valence-corrected chi connectivity index (χ0v) is 18.4. The number of hydrogen-bond donors (Lipinski definition) is 1. The van der Waals surface area contributed by atoms with Crippen LogP contribution in [0, 0.1) is 0 Å². The average Bonchev–Trinajstić information content (AvgIpc) is 2.84. The second-order valence-corrected chi connectivity index (χ2v) is 7.89. The first-order valence-electron chi connectivity index (χ1n) is 10.9. The molecule has 1 amide bonds. The van der Waals surface area contributed by atoms with Crippen molar-refractivity contribution in [3.05, 3.63) is 84.4 Å². The molecule has 0 aliphatic carbocycles. The van der Waals surface area contributed by atoms with Gasteiger partial charge in [0.15, 0.2) is 6.61 Å². The van der Waals surface area contributed by atoms with Gasteiger partial charge in [0.2, 0.25) is 0 Å². The molecule has 166 valence electrons. The minimum Gasteiger partial charge on any atom is -0.489 e. The van der Waals surface area contributed by atoms with Gasteiger partial charge in [-0.1, -0.05) is 42.5 Å². The highest BCUT2D eigenvalue weighted by molar-refractivity contribution is 5.95. The smallest absolute Gasteiger partial charge is 0.262 e. The van der Waals surface area contributed by atoms with Crippen molar-refractivity contribution in [3.8, 4) is 11.5 Å². The molecule has 3 aromatic carbocycles. The van der Waals surface area contributed by atoms with Gasteiger partial charge >= 0.3 is 0 Å². The Bertz CT molecular complexity index is 1000. The lowest BCUT2D eigenvalue weighted by atomic mass is 10.2. The first kappa shape index (κ1) is 21.7. The van der Waals surface area contributed by atoms with Crippen molar-refractivity contribution in [1.82, 2.24) is 4.90 Å². The van der Waals surface area contributed by atoms with E-state index in [9.17, 15) is 4.79 Å². The molecular formula is C26H29N3O3. The molecule has 3 aromatic rings. The molecular weight excluding hydrogens is 402 g/mol. The third kappa shape index (κ3) is 6.02. The summed E-state index contributed by atoms with van der Waals surface area (Å²) in [5.74, 6) is 1.20. The van der Waals surface area contributed by atoms with Crippen molar-refractivity contribution in [3.63, 3.8) is 0 Å². The number of ether oxygens (including phenoxy) is 2. The molecule has 4 rings (SSSR count). The third-order valence-electron chi connectivity index (χ3n) is 5.46. The maximum Gasteiger partial charge on any atom is 0.262 e. The Balaban J connectivity index is 1.27. The molecule has 0 bridgehead atoms. The number of rotatable bonds is 8. The van der Waals surface area contributed by atoms with Crippen molar-refractivity contribution in [2.75, 3.05) is 50.1 Å². The summed E-state index contributed by atoms with van der Waals surface area (Å²) in [5.41, 5.74) is 2.98. The van der Waals surface area contributed by atoms with E-state index in [2.05, 4.69) is 28.2 Å². The van der Waals surface area contributed by atoms with Crippen LogP contribution in [-0.2, 0) is 11.4 Å². The predicted molar refractivity (Wildman–Crippen MR) is 127 cm³/mol. The second-order valence-electron chi connectivity index (χ2n) is 7.89. The molecule has 1 heterocycles. The van der Waals surface area contributed by atoms with Crippen LogP contribution in [0.5, 0.6) is 11.5 Å². The van der Waals surface area contributed by atoms with E-state index in [1.807, 2.05) is 72.8 Å². The van der Waals surface area contributed by atoms with Crippen LogP contribution in [0.25, 0.3) is 0 Å². The van der Waals surface area contributed by atoms with Gasteiger partial charge in [0.25, 0.3) is 5.91 Å². The van der Waals surface area contributed by atoms with Crippen molar-refractivity contribution in [1.29, 1.82) is 0 Å². The predicted octanol–water partition coefficient (Wildman–Crippen LogP) is 4.03. The van der Waals surface area contributed by atoms with Gasteiger partial charge in [-0.25, -0.2) is 0 Å². The molecule has 0 aromatic heterocycles. The van der Waals surface area contributed by atoms with Gasteiger partial charge in [0.05, 0.1) is 11.4 Å². The largest absolute Gasteiger partial charge is 0.489 e. The fourth-order valence-electron chi connectivity index (χ4n) is 3.61. The highest BCUT2D eigenvalue weighted by atomic mass is 16.5. The molecule has 1 aliphatic rings. The minimum absolute atomic E-state index is 0.0543. The summed E-state index contributed by atoms with van der Waals surface area (Å²) < 4.78 is 11.5. The van der Waals surface area contributed by atoms with Crippen LogP contribution in [0.4, 0.5) is 11.4 Å². The molecule has 0 radical (unpaired) electrons. The Morgan fingerprint density at radius 2 is 1.44 bits per heavy atom. The number of nitrogens with one attached hydrogen (secondary N) is 1.